The lowest BCUT2D eigenvalue weighted by Gasteiger charge is -2.27. The van der Waals surface area contributed by atoms with Crippen LogP contribution in [0.1, 0.15) is 22.3 Å². The predicted molar refractivity (Wildman–Crippen MR) is 164 cm³/mol. The van der Waals surface area contributed by atoms with Crippen molar-refractivity contribution >= 4 is 46.6 Å². The molecule has 5 rings (SSSR count). The number of aromatic nitrogens is 1. The Morgan fingerprint density at radius 2 is 1.65 bits per heavy atom. The van der Waals surface area contributed by atoms with E-state index in [1.165, 1.54) is 18.2 Å². The number of pyridine rings is 1. The molecule has 3 amide bonds. The molecule has 224 valence electrons. The summed E-state index contributed by atoms with van der Waals surface area (Å²) in [6.45, 7) is 2.51. The maximum Gasteiger partial charge on any atom is 0.256 e. The summed E-state index contributed by atoms with van der Waals surface area (Å²) in [6, 6.07) is 17.0. The second kappa shape index (κ2) is 13.6. The average Bonchev–Trinajstić information content (AvgIpc) is 3.28. The first-order valence-electron chi connectivity index (χ1n) is 13.9. The summed E-state index contributed by atoms with van der Waals surface area (Å²) in [4.78, 5) is 49.0. The summed E-state index contributed by atoms with van der Waals surface area (Å²) in [6.07, 6.45) is 1.97. The van der Waals surface area contributed by atoms with Crippen molar-refractivity contribution in [2.45, 2.75) is 18.9 Å². The minimum absolute atomic E-state index is 0.0898. The van der Waals surface area contributed by atoms with Crippen LogP contribution in [0.5, 0.6) is 11.5 Å². The zero-order valence-corrected chi connectivity index (χ0v) is 24.8. The molecule has 2 fully saturated rings. The van der Waals surface area contributed by atoms with Gasteiger partial charge in [-0.05, 0) is 72.7 Å². The summed E-state index contributed by atoms with van der Waals surface area (Å²) in [7, 11) is 3.14. The van der Waals surface area contributed by atoms with E-state index in [1.807, 2.05) is 24.3 Å². The number of carbonyl (C=O) groups excluding carboxylic acids is 3. The van der Waals surface area contributed by atoms with E-state index in [0.29, 0.717) is 67.2 Å². The largest absolute Gasteiger partial charge is 0.497 e. The minimum Gasteiger partial charge on any atom is -0.497 e. The zero-order valence-electron chi connectivity index (χ0n) is 24.0. The minimum atomic E-state index is -0.821. The number of hydrogen-bond donors (Lipinski definition) is 1. The molecule has 1 unspecified atom stereocenters. The van der Waals surface area contributed by atoms with Crippen molar-refractivity contribution in [2.24, 2.45) is 0 Å². The summed E-state index contributed by atoms with van der Waals surface area (Å²) in [5, 5.41) is 3.05. The summed E-state index contributed by atoms with van der Waals surface area (Å²) in [5.41, 5.74) is 2.08. The lowest BCUT2D eigenvalue weighted by atomic mass is 10.1. The van der Waals surface area contributed by atoms with Crippen LogP contribution in [0.4, 0.5) is 11.5 Å². The Labute approximate surface area is 255 Å². The third-order valence-corrected chi connectivity index (χ3v) is 7.83. The predicted octanol–water partition coefficient (Wildman–Crippen LogP) is 3.14. The standard InChI is InChI=1S/C31H33N5O6S/c1-40-24-9-3-21(4-10-24)13-14-35-26(19-28(37)33-27-12-11-25(41-2)20-32-27)30(39)36(31(35)43)23-7-5-22(6-8-23)29(38)34-15-17-42-18-16-34/h3-12,20,26H,13-19H2,1-2H3,(H,32,33,37). The van der Waals surface area contributed by atoms with Crippen LogP contribution in [0, 0.1) is 0 Å². The number of methoxy groups -OCH3 is 2. The maximum absolute atomic E-state index is 13.8. The molecule has 3 heterocycles. The number of nitrogens with one attached hydrogen (secondary N) is 1. The van der Waals surface area contributed by atoms with Crippen molar-refractivity contribution in [3.63, 3.8) is 0 Å². The Morgan fingerprint density at radius 3 is 2.28 bits per heavy atom. The van der Waals surface area contributed by atoms with Crippen molar-refractivity contribution in [1.29, 1.82) is 0 Å². The molecule has 1 aromatic heterocycles. The summed E-state index contributed by atoms with van der Waals surface area (Å²) >= 11 is 5.81. The Hall–Kier alpha value is -4.55. The van der Waals surface area contributed by atoms with Gasteiger partial charge >= 0.3 is 0 Å². The van der Waals surface area contributed by atoms with Gasteiger partial charge < -0.3 is 29.3 Å². The first kappa shape index (κ1) is 29.9. The van der Waals surface area contributed by atoms with E-state index in [4.69, 9.17) is 26.4 Å². The number of amides is 3. The molecule has 2 saturated heterocycles. The molecule has 0 bridgehead atoms. The fourth-order valence-electron chi connectivity index (χ4n) is 5.01. The van der Waals surface area contributed by atoms with E-state index < -0.39 is 6.04 Å². The van der Waals surface area contributed by atoms with Gasteiger partial charge in [-0.15, -0.1) is 0 Å². The monoisotopic (exact) mass is 603 g/mol. The smallest absolute Gasteiger partial charge is 0.256 e. The summed E-state index contributed by atoms with van der Waals surface area (Å²) in [5.74, 6) is 0.881. The molecule has 11 nitrogen and oxygen atoms in total. The normalized spacial score (nSPS) is 16.8. The molecule has 2 aromatic carbocycles. The van der Waals surface area contributed by atoms with Crippen LogP contribution >= 0.6 is 12.2 Å². The van der Waals surface area contributed by atoms with Gasteiger partial charge in [0.2, 0.25) is 5.91 Å². The molecular formula is C31H33N5O6S. The fraction of sp³-hybridized carbons (Fsp3) is 0.323. The number of hydrogen-bond acceptors (Lipinski definition) is 8. The molecule has 0 aliphatic carbocycles. The quantitative estimate of drug-likeness (QED) is 0.349. The van der Waals surface area contributed by atoms with Crippen molar-refractivity contribution in [3.05, 3.63) is 78.0 Å². The molecule has 2 aliphatic heterocycles. The van der Waals surface area contributed by atoms with Gasteiger partial charge in [0, 0.05) is 25.2 Å². The molecule has 0 saturated carbocycles. The van der Waals surface area contributed by atoms with E-state index in [1.54, 1.807) is 53.3 Å². The highest BCUT2D eigenvalue weighted by molar-refractivity contribution is 7.80. The number of nitrogens with zero attached hydrogens (tertiary/aromatic N) is 4. The maximum atomic E-state index is 13.8. The third kappa shape index (κ3) is 6.92. The number of morpholine rings is 1. The first-order chi connectivity index (χ1) is 20.9. The van der Waals surface area contributed by atoms with E-state index in [0.717, 1.165) is 11.3 Å². The molecule has 2 aliphatic rings. The Kier molecular flexibility index (Phi) is 9.48. The molecule has 1 N–H and O–H groups in total. The highest BCUT2D eigenvalue weighted by Crippen LogP contribution is 2.29. The lowest BCUT2D eigenvalue weighted by molar-refractivity contribution is -0.124. The Balaban J connectivity index is 1.34. The topological polar surface area (TPSA) is 114 Å². The number of carbonyl (C=O) groups is 3. The number of rotatable bonds is 10. The molecule has 0 spiro atoms. The molecule has 3 aromatic rings. The molecule has 0 radical (unpaired) electrons. The van der Waals surface area contributed by atoms with Gasteiger partial charge in [-0.1, -0.05) is 12.1 Å². The second-order valence-electron chi connectivity index (χ2n) is 10.1. The molecule has 1 atom stereocenters. The van der Waals surface area contributed by atoms with E-state index in [2.05, 4.69) is 10.3 Å². The molecule has 12 heteroatoms. The van der Waals surface area contributed by atoms with Gasteiger partial charge in [-0.3, -0.25) is 19.3 Å². The Morgan fingerprint density at radius 1 is 0.977 bits per heavy atom. The van der Waals surface area contributed by atoms with Crippen LogP contribution in [0.3, 0.4) is 0 Å². The van der Waals surface area contributed by atoms with Crippen molar-refractivity contribution in [3.8, 4) is 11.5 Å². The van der Waals surface area contributed by atoms with Gasteiger partial charge in [0.25, 0.3) is 11.8 Å². The molecule has 43 heavy (non-hydrogen) atoms. The van der Waals surface area contributed by atoms with E-state index >= 15 is 0 Å². The molecular weight excluding hydrogens is 570 g/mol. The fourth-order valence-corrected chi connectivity index (χ4v) is 5.43. The van der Waals surface area contributed by atoms with Crippen LogP contribution in [0.15, 0.2) is 66.9 Å². The highest BCUT2D eigenvalue weighted by atomic mass is 32.1. The third-order valence-electron chi connectivity index (χ3n) is 7.41. The SMILES string of the molecule is COc1ccc(CCN2C(=S)N(c3ccc(C(=O)N4CCOCC4)cc3)C(=O)C2CC(=O)Nc2ccc(OC)cn2)cc1. The van der Waals surface area contributed by atoms with Crippen molar-refractivity contribution in [1.82, 2.24) is 14.8 Å². The number of ether oxygens (including phenoxy) is 3. The first-order valence-corrected chi connectivity index (χ1v) is 14.3. The van der Waals surface area contributed by atoms with Gasteiger partial charge in [0.1, 0.15) is 23.4 Å². The number of anilines is 2. The van der Waals surface area contributed by atoms with Gasteiger partial charge in [0.15, 0.2) is 5.11 Å². The van der Waals surface area contributed by atoms with Crippen molar-refractivity contribution in [2.75, 3.05) is 57.3 Å². The van der Waals surface area contributed by atoms with Gasteiger partial charge in [-0.25, -0.2) is 4.98 Å². The van der Waals surface area contributed by atoms with Crippen LogP contribution in [0.25, 0.3) is 0 Å². The second-order valence-corrected chi connectivity index (χ2v) is 10.4. The average molecular weight is 604 g/mol. The zero-order chi connectivity index (χ0) is 30.3. The van der Waals surface area contributed by atoms with E-state index in [9.17, 15) is 14.4 Å². The van der Waals surface area contributed by atoms with Crippen LogP contribution in [-0.2, 0) is 20.7 Å². The Bertz CT molecular complexity index is 1460. The summed E-state index contributed by atoms with van der Waals surface area (Å²) < 4.78 is 15.7. The highest BCUT2D eigenvalue weighted by Gasteiger charge is 2.44. The van der Waals surface area contributed by atoms with Gasteiger partial charge in [0.05, 0.1) is 45.7 Å². The van der Waals surface area contributed by atoms with Crippen molar-refractivity contribution < 1.29 is 28.6 Å². The number of thiocarbonyl (C=S) groups is 1. The van der Waals surface area contributed by atoms with Crippen LogP contribution in [0.2, 0.25) is 0 Å². The lowest BCUT2D eigenvalue weighted by Crippen LogP contribution is -2.40. The van der Waals surface area contributed by atoms with Gasteiger partial charge in [-0.2, -0.15) is 0 Å². The van der Waals surface area contributed by atoms with Crippen LogP contribution < -0.4 is 19.7 Å². The van der Waals surface area contributed by atoms with Crippen LogP contribution in [-0.4, -0.2) is 90.7 Å². The number of benzene rings is 2. The van der Waals surface area contributed by atoms with E-state index in [-0.39, 0.29) is 24.1 Å².